The fraction of sp³-hybridized carbons (Fsp3) is 0.174. The Hall–Kier alpha value is -3.17. The Labute approximate surface area is 196 Å². The molecular weight excluding hydrogens is 496 g/mol. The summed E-state index contributed by atoms with van der Waals surface area (Å²) >= 11 is 4.50. The van der Waals surface area contributed by atoms with Crippen molar-refractivity contribution >= 4 is 49.8 Å². The van der Waals surface area contributed by atoms with E-state index in [1.807, 2.05) is 26.0 Å². The first kappa shape index (κ1) is 22.0. The highest BCUT2D eigenvalue weighted by Crippen LogP contribution is 2.46. The van der Waals surface area contributed by atoms with E-state index in [9.17, 15) is 19.8 Å². The number of halogens is 1. The molecule has 1 aliphatic heterocycles. The van der Waals surface area contributed by atoms with Crippen LogP contribution in [0.1, 0.15) is 28.3 Å². The molecule has 164 valence electrons. The third-order valence-electron chi connectivity index (χ3n) is 5.30. The molecule has 1 unspecified atom stereocenters. The van der Waals surface area contributed by atoms with Gasteiger partial charge in [0.05, 0.1) is 23.2 Å². The van der Waals surface area contributed by atoms with Crippen LogP contribution in [0.25, 0.3) is 5.76 Å². The van der Waals surface area contributed by atoms with Crippen LogP contribution >= 0.6 is 27.3 Å². The first-order chi connectivity index (χ1) is 15.2. The number of ether oxygens (including phenoxy) is 1. The van der Waals surface area contributed by atoms with Gasteiger partial charge in [0.1, 0.15) is 5.76 Å². The van der Waals surface area contributed by atoms with E-state index < -0.39 is 17.7 Å². The molecule has 0 radical (unpaired) electrons. The predicted molar refractivity (Wildman–Crippen MR) is 125 cm³/mol. The number of anilines is 1. The van der Waals surface area contributed by atoms with E-state index in [0.29, 0.717) is 20.7 Å². The number of carbonyl (C=O) groups is 2. The van der Waals surface area contributed by atoms with Gasteiger partial charge in [0.25, 0.3) is 5.78 Å². The molecule has 9 heteroatoms. The van der Waals surface area contributed by atoms with Crippen molar-refractivity contribution in [3.63, 3.8) is 0 Å². The third kappa shape index (κ3) is 3.57. The van der Waals surface area contributed by atoms with Crippen molar-refractivity contribution < 1.29 is 24.5 Å². The van der Waals surface area contributed by atoms with Gasteiger partial charge in [0, 0.05) is 17.1 Å². The molecule has 1 saturated heterocycles. The van der Waals surface area contributed by atoms with Gasteiger partial charge in [-0.1, -0.05) is 17.7 Å². The van der Waals surface area contributed by atoms with Gasteiger partial charge in [-0.05, 0) is 59.1 Å². The molecule has 3 aromatic rings. The van der Waals surface area contributed by atoms with Crippen LogP contribution in [0.5, 0.6) is 11.5 Å². The van der Waals surface area contributed by atoms with Crippen LogP contribution in [0.3, 0.4) is 0 Å². The number of thiazole rings is 1. The summed E-state index contributed by atoms with van der Waals surface area (Å²) in [6.45, 7) is 3.70. The van der Waals surface area contributed by atoms with E-state index in [4.69, 9.17) is 4.74 Å². The summed E-state index contributed by atoms with van der Waals surface area (Å²) in [5, 5.41) is 23.5. The number of aliphatic hydroxyl groups excluding tert-OH is 1. The number of aromatic hydroxyl groups is 1. The Morgan fingerprint density at radius 1 is 1.22 bits per heavy atom. The lowest BCUT2D eigenvalue weighted by Gasteiger charge is -2.24. The summed E-state index contributed by atoms with van der Waals surface area (Å²) in [5.41, 5.74) is 2.54. The van der Waals surface area contributed by atoms with Gasteiger partial charge in [0.2, 0.25) is 0 Å². The van der Waals surface area contributed by atoms with Crippen LogP contribution in [0.15, 0.2) is 52.0 Å². The first-order valence-corrected chi connectivity index (χ1v) is 11.3. The quantitative estimate of drug-likeness (QED) is 0.293. The second kappa shape index (κ2) is 8.40. The van der Waals surface area contributed by atoms with E-state index in [-0.39, 0.29) is 22.8 Å². The van der Waals surface area contributed by atoms with Crippen molar-refractivity contribution in [1.29, 1.82) is 0 Å². The smallest absolute Gasteiger partial charge is 0.301 e. The normalized spacial score (nSPS) is 17.8. The van der Waals surface area contributed by atoms with Crippen LogP contribution in [-0.4, -0.2) is 34.0 Å². The minimum absolute atomic E-state index is 0.0569. The standard InChI is InChI=1S/C23H19BrN2O5S/c1-11-4-5-12(2)14(8-11)19(27)17-18(13-9-15(24)20(28)16(10-13)31-3)26(22(30)21(17)29)23-25-6-7-32-23/h4-10,18,27-28H,1-3H3/b19-17+. The maximum atomic E-state index is 13.2. The first-order valence-electron chi connectivity index (χ1n) is 9.59. The van der Waals surface area contributed by atoms with Crippen LogP contribution in [-0.2, 0) is 9.59 Å². The maximum Gasteiger partial charge on any atom is 0.301 e. The number of Topliss-reactive ketones (excluding diaryl/α,β-unsaturated/α-hetero) is 1. The SMILES string of the molecule is COc1cc(C2/C(=C(\O)c3cc(C)ccc3C)C(=O)C(=O)N2c2nccs2)cc(Br)c1O. The van der Waals surface area contributed by atoms with Gasteiger partial charge in [-0.2, -0.15) is 0 Å². The minimum atomic E-state index is -0.966. The molecule has 0 bridgehead atoms. The van der Waals surface area contributed by atoms with E-state index in [1.54, 1.807) is 17.5 Å². The lowest BCUT2D eigenvalue weighted by atomic mass is 9.93. The van der Waals surface area contributed by atoms with Crippen LogP contribution in [0.4, 0.5) is 5.13 Å². The maximum absolute atomic E-state index is 13.2. The number of phenols is 1. The van der Waals surface area contributed by atoms with Gasteiger partial charge in [0.15, 0.2) is 16.6 Å². The average Bonchev–Trinajstić information content (AvgIpc) is 3.38. The topological polar surface area (TPSA) is 100.0 Å². The zero-order valence-electron chi connectivity index (χ0n) is 17.4. The molecule has 1 amide bonds. The van der Waals surface area contributed by atoms with E-state index in [0.717, 1.165) is 11.1 Å². The van der Waals surface area contributed by atoms with Gasteiger partial charge in [-0.15, -0.1) is 11.3 Å². The number of rotatable bonds is 4. The summed E-state index contributed by atoms with van der Waals surface area (Å²) in [4.78, 5) is 31.8. The van der Waals surface area contributed by atoms with Crippen molar-refractivity contribution in [2.45, 2.75) is 19.9 Å². The Bertz CT molecular complexity index is 1270. The highest BCUT2D eigenvalue weighted by molar-refractivity contribution is 9.10. The molecular formula is C23H19BrN2O5S. The van der Waals surface area contributed by atoms with Gasteiger partial charge in [-0.25, -0.2) is 4.98 Å². The Kier molecular flexibility index (Phi) is 5.79. The second-order valence-electron chi connectivity index (χ2n) is 7.36. The summed E-state index contributed by atoms with van der Waals surface area (Å²) in [6, 6.07) is 7.67. The molecule has 2 N–H and O–H groups in total. The van der Waals surface area contributed by atoms with Crippen molar-refractivity contribution in [3.8, 4) is 11.5 Å². The van der Waals surface area contributed by atoms with Crippen molar-refractivity contribution in [2.24, 2.45) is 0 Å². The Morgan fingerprint density at radius 3 is 2.62 bits per heavy atom. The fourth-order valence-electron chi connectivity index (χ4n) is 3.72. The number of aryl methyl sites for hydroxylation is 2. The van der Waals surface area contributed by atoms with Crippen molar-refractivity contribution in [3.05, 3.63) is 74.2 Å². The zero-order valence-corrected chi connectivity index (χ0v) is 19.8. The van der Waals surface area contributed by atoms with Crippen LogP contribution in [0, 0.1) is 13.8 Å². The van der Waals surface area contributed by atoms with Crippen LogP contribution in [0.2, 0.25) is 0 Å². The number of carbonyl (C=O) groups excluding carboxylic acids is 2. The molecule has 1 aromatic heterocycles. The van der Waals surface area contributed by atoms with Gasteiger partial charge < -0.3 is 14.9 Å². The molecule has 7 nitrogen and oxygen atoms in total. The summed E-state index contributed by atoms with van der Waals surface area (Å²) < 4.78 is 5.58. The molecule has 0 aliphatic carbocycles. The number of ketones is 1. The molecule has 0 spiro atoms. The molecule has 2 aromatic carbocycles. The van der Waals surface area contributed by atoms with E-state index in [1.165, 1.54) is 35.6 Å². The average molecular weight is 515 g/mol. The monoisotopic (exact) mass is 514 g/mol. The fourth-order valence-corrected chi connectivity index (χ4v) is 4.85. The lowest BCUT2D eigenvalue weighted by Crippen LogP contribution is -2.29. The Morgan fingerprint density at radius 2 is 1.97 bits per heavy atom. The second-order valence-corrected chi connectivity index (χ2v) is 9.08. The molecule has 4 rings (SSSR count). The predicted octanol–water partition coefficient (Wildman–Crippen LogP) is 4.86. The summed E-state index contributed by atoms with van der Waals surface area (Å²) in [6.07, 6.45) is 1.54. The number of amides is 1. The van der Waals surface area contributed by atoms with Crippen LogP contribution < -0.4 is 9.64 Å². The molecule has 1 atom stereocenters. The number of nitrogens with zero attached hydrogens (tertiary/aromatic N) is 2. The number of aromatic nitrogens is 1. The number of hydrogen-bond donors (Lipinski definition) is 2. The molecule has 2 heterocycles. The molecule has 1 aliphatic rings. The van der Waals surface area contributed by atoms with Gasteiger partial charge in [-0.3, -0.25) is 14.5 Å². The number of benzene rings is 2. The number of phenolic OH excluding ortho intramolecular Hbond substituents is 1. The highest BCUT2D eigenvalue weighted by atomic mass is 79.9. The highest BCUT2D eigenvalue weighted by Gasteiger charge is 2.48. The van der Waals surface area contributed by atoms with E-state index in [2.05, 4.69) is 20.9 Å². The van der Waals surface area contributed by atoms with E-state index >= 15 is 0 Å². The molecule has 0 saturated carbocycles. The van der Waals surface area contributed by atoms with Gasteiger partial charge >= 0.3 is 5.91 Å². The number of aliphatic hydroxyl groups is 1. The molecule has 32 heavy (non-hydrogen) atoms. The van der Waals surface area contributed by atoms with Crippen molar-refractivity contribution in [2.75, 3.05) is 12.0 Å². The number of hydrogen-bond acceptors (Lipinski definition) is 7. The molecule has 1 fully saturated rings. The number of methoxy groups -OCH3 is 1. The summed E-state index contributed by atoms with van der Waals surface area (Å²) in [5.74, 6) is -1.83. The largest absolute Gasteiger partial charge is 0.507 e. The summed E-state index contributed by atoms with van der Waals surface area (Å²) in [7, 11) is 1.40. The Balaban J connectivity index is 2.02. The zero-order chi connectivity index (χ0) is 23.2. The lowest BCUT2D eigenvalue weighted by molar-refractivity contribution is -0.132. The van der Waals surface area contributed by atoms with Crippen molar-refractivity contribution in [1.82, 2.24) is 4.98 Å². The third-order valence-corrected chi connectivity index (χ3v) is 6.68. The minimum Gasteiger partial charge on any atom is -0.507 e.